The molecule has 2 aliphatic carbocycles. The van der Waals surface area contributed by atoms with Crippen molar-refractivity contribution < 1.29 is 16.6 Å². The van der Waals surface area contributed by atoms with E-state index in [1.807, 2.05) is 3.28 Å². The van der Waals surface area contributed by atoms with Crippen LogP contribution in [0.15, 0.2) is 64.0 Å². The second kappa shape index (κ2) is 7.57. The second-order valence-electron chi connectivity index (χ2n) is 9.25. The van der Waals surface area contributed by atoms with Crippen molar-refractivity contribution in [2.24, 2.45) is 0 Å². The van der Waals surface area contributed by atoms with Gasteiger partial charge in [0.2, 0.25) is 0 Å². The van der Waals surface area contributed by atoms with Crippen LogP contribution >= 0.6 is 24.8 Å². The first-order valence-corrected chi connectivity index (χ1v) is 27.4. The van der Waals surface area contributed by atoms with E-state index in [4.69, 9.17) is 0 Å². The molecular weight excluding hydrogens is 483 g/mol. The molecule has 2 aromatic carbocycles. The molecule has 0 saturated carbocycles. The molecule has 5 heteroatoms. The third kappa shape index (κ3) is 3.18. The van der Waals surface area contributed by atoms with Crippen molar-refractivity contribution in [3.8, 4) is 11.1 Å². The minimum atomic E-state index is -3.25. The van der Waals surface area contributed by atoms with Crippen molar-refractivity contribution in [3.63, 3.8) is 0 Å². The van der Waals surface area contributed by atoms with Crippen LogP contribution in [0.5, 0.6) is 0 Å². The molecule has 0 aliphatic heterocycles. The van der Waals surface area contributed by atoms with Gasteiger partial charge in [0.25, 0.3) is 0 Å². The zero-order chi connectivity index (χ0) is 17.9. The zero-order valence-electron chi connectivity index (χ0n) is 16.7. The molecule has 0 heterocycles. The van der Waals surface area contributed by atoms with Crippen LogP contribution in [-0.4, -0.2) is 12.1 Å². The Kier molecular flexibility index (Phi) is 6.48. The second-order valence-corrected chi connectivity index (χ2v) is 60.2. The van der Waals surface area contributed by atoms with Gasteiger partial charge in [-0.3, -0.25) is 0 Å². The molecule has 0 nitrogen and oxygen atoms in total. The van der Waals surface area contributed by atoms with Crippen LogP contribution in [-0.2, 0) is 23.0 Å². The van der Waals surface area contributed by atoms with Gasteiger partial charge in [-0.1, -0.05) is 0 Å². The Bertz CT molecular complexity index is 1020. The van der Waals surface area contributed by atoms with Gasteiger partial charge in [-0.25, -0.2) is 0 Å². The number of hydrogen-bond acceptors (Lipinski definition) is 0. The van der Waals surface area contributed by atoms with E-state index in [0.29, 0.717) is 0 Å². The smallest absolute Gasteiger partial charge is 0.147 e. The van der Waals surface area contributed by atoms with Gasteiger partial charge < -0.3 is 0 Å². The molecule has 0 unspecified atom stereocenters. The molecule has 0 fully saturated rings. The Balaban J connectivity index is 0.00000131. The third-order valence-electron chi connectivity index (χ3n) is 7.25. The van der Waals surface area contributed by atoms with Crippen molar-refractivity contribution in [2.45, 2.75) is 37.1 Å². The minimum absolute atomic E-state index is 0. The largest absolute Gasteiger partial charge is 0.147 e. The Hall–Kier alpha value is -0.183. The summed E-state index contributed by atoms with van der Waals surface area (Å²) in [5, 5.41) is -1.37. The number of benzene rings is 2. The number of allylic oxidation sites excluding steroid dienone is 4. The van der Waals surface area contributed by atoms with E-state index >= 15 is 0 Å². The molecule has 0 radical (unpaired) electrons. The standard InChI is InChI=1S/C13H9.C5H5.C3H9Si.CH3.2ClH.H2Si.Zr/c1-3-7-12-10(5-1)9-11-6-2-4-8-13(11)12;1-2-4-5-3-1;1-4(2)3;;;;;/h1-5,7-8H,9H2;1-3H,4H2;1-3H3;1H3;2*1H;1H2;. The van der Waals surface area contributed by atoms with Crippen molar-refractivity contribution in [2.75, 3.05) is 0 Å². The number of fused-ring (bicyclic) bond motifs is 3. The summed E-state index contributed by atoms with van der Waals surface area (Å²) in [7, 11) is 0. The van der Waals surface area contributed by atoms with Crippen molar-refractivity contribution >= 4 is 40.2 Å². The van der Waals surface area contributed by atoms with E-state index in [1.165, 1.54) is 23.1 Å². The molecule has 0 bridgehead atoms. The number of hydrogen-bond donors (Lipinski definition) is 0. The van der Waals surface area contributed by atoms with Crippen LogP contribution in [0.25, 0.3) is 11.1 Å². The average Bonchev–Trinajstić information content (AvgIpc) is 3.21. The topological polar surface area (TPSA) is 0 Å². The molecule has 0 saturated heterocycles. The SMILES string of the molecule is C[Si](C)(C)[Zr]([CH3])(=[SiH2])([C]1=CC=CC1)[c]1cccc2c1Cc1ccccc1-2.Cl.Cl. The monoisotopic (exact) mass is 510 g/mol. The Morgan fingerprint density at radius 1 is 0.926 bits per heavy atom. The van der Waals surface area contributed by atoms with E-state index < -0.39 is 21.8 Å². The summed E-state index contributed by atoms with van der Waals surface area (Å²) >= 11 is -3.25. The fourth-order valence-corrected chi connectivity index (χ4v) is 33.4. The van der Waals surface area contributed by atoms with E-state index in [9.17, 15) is 0 Å². The number of rotatable bonds is 3. The molecule has 0 aromatic heterocycles. The van der Waals surface area contributed by atoms with E-state index in [1.54, 1.807) is 8.83 Å². The van der Waals surface area contributed by atoms with Gasteiger partial charge in [0.1, 0.15) is 0 Å². The fourth-order valence-electron chi connectivity index (χ4n) is 4.80. The van der Waals surface area contributed by atoms with Gasteiger partial charge >= 0.3 is 155 Å². The van der Waals surface area contributed by atoms with Crippen LogP contribution < -0.4 is 3.27 Å². The maximum Gasteiger partial charge on any atom is -0.147 e. The van der Waals surface area contributed by atoms with Gasteiger partial charge in [0.15, 0.2) is 0 Å². The van der Waals surface area contributed by atoms with E-state index in [2.05, 4.69) is 91.8 Å². The van der Waals surface area contributed by atoms with Gasteiger partial charge in [-0.05, 0) is 0 Å². The summed E-state index contributed by atoms with van der Waals surface area (Å²) in [6, 6.07) is 16.2. The molecule has 27 heavy (non-hydrogen) atoms. The molecule has 2 aromatic rings. The van der Waals surface area contributed by atoms with Crippen LogP contribution in [0.1, 0.15) is 17.5 Å². The Labute approximate surface area is 178 Å². The van der Waals surface area contributed by atoms with E-state index in [0.717, 1.165) is 6.42 Å². The van der Waals surface area contributed by atoms with Gasteiger partial charge in [0.05, 0.1) is 0 Å². The quantitative estimate of drug-likeness (QED) is 0.396. The third-order valence-corrected chi connectivity index (χ3v) is 78.4. The number of halogens is 2. The fraction of sp³-hybridized carbons (Fsp3) is 0.273. The molecule has 0 amide bonds. The zero-order valence-corrected chi connectivity index (χ0v) is 23.2. The summed E-state index contributed by atoms with van der Waals surface area (Å²) in [4.78, 5) is 0. The predicted octanol–water partition coefficient (Wildman–Crippen LogP) is 5.69. The van der Waals surface area contributed by atoms with Gasteiger partial charge in [0, 0.05) is 0 Å². The maximum atomic E-state index is 2.75. The molecule has 0 N–H and O–H groups in total. The average molecular weight is 513 g/mol. The van der Waals surface area contributed by atoms with Crippen LogP contribution in [0.2, 0.25) is 24.3 Å². The van der Waals surface area contributed by atoms with Gasteiger partial charge in [-0.2, -0.15) is 0 Å². The van der Waals surface area contributed by atoms with E-state index in [-0.39, 0.29) is 24.8 Å². The van der Waals surface area contributed by atoms with Crippen LogP contribution in [0.3, 0.4) is 0 Å². The summed E-state index contributed by atoms with van der Waals surface area (Å²) in [5.41, 5.74) is 6.14. The first-order chi connectivity index (χ1) is 11.7. The summed E-state index contributed by atoms with van der Waals surface area (Å²) in [6.45, 7) is 10.4. The van der Waals surface area contributed by atoms with Crippen LogP contribution in [0.4, 0.5) is 0 Å². The van der Waals surface area contributed by atoms with Crippen molar-refractivity contribution in [3.05, 3.63) is 75.1 Å². The molecule has 0 spiro atoms. The molecule has 4 rings (SSSR count). The summed E-state index contributed by atoms with van der Waals surface area (Å²) in [6.07, 6.45) is 9.48. The Morgan fingerprint density at radius 2 is 1.59 bits per heavy atom. The van der Waals surface area contributed by atoms with Gasteiger partial charge in [-0.15, -0.1) is 24.8 Å². The molecule has 0 atom stereocenters. The van der Waals surface area contributed by atoms with Crippen molar-refractivity contribution in [1.82, 2.24) is 0 Å². The van der Waals surface area contributed by atoms with Crippen molar-refractivity contribution in [1.29, 1.82) is 0 Å². The maximum absolute atomic E-state index is 3.25. The van der Waals surface area contributed by atoms with Crippen LogP contribution in [0, 0.1) is 0 Å². The first kappa shape index (κ1) is 23.1. The predicted molar refractivity (Wildman–Crippen MR) is 128 cm³/mol. The molecular formula is C22H30Cl2Si2Zr. The summed E-state index contributed by atoms with van der Waals surface area (Å²) < 4.78 is 6.34. The molecule has 144 valence electrons. The normalized spacial score (nSPS) is 15.4. The first-order valence-electron chi connectivity index (χ1n) is 9.35. The summed E-state index contributed by atoms with van der Waals surface area (Å²) in [5.74, 6) is 0. The molecule has 2 aliphatic rings. The Morgan fingerprint density at radius 3 is 2.22 bits per heavy atom. The minimum Gasteiger partial charge on any atom is -0.147 e.